The number of terminal acetylenes is 1. The van der Waals surface area contributed by atoms with E-state index in [1.54, 1.807) is 18.5 Å². The number of pyridine rings is 1. The number of rotatable bonds is 13. The minimum Gasteiger partial charge on any atom is -0.508 e. The molecule has 6 aromatic rings. The molecule has 3 aromatic carbocycles. The fourth-order valence-electron chi connectivity index (χ4n) is 13.0. The number of ether oxygens (including phenoxy) is 1. The molecule has 6 aliphatic rings. The molecule has 4 unspecified atom stereocenters. The average molecular weight is 1060 g/mol. The van der Waals surface area contributed by atoms with E-state index in [0.717, 1.165) is 102 Å². The zero-order valence-electron chi connectivity index (χ0n) is 43.9. The second kappa shape index (κ2) is 20.3. The molecule has 20 heteroatoms. The van der Waals surface area contributed by atoms with Gasteiger partial charge in [0.2, 0.25) is 17.7 Å². The fourth-order valence-corrected chi connectivity index (χ4v) is 13.0. The lowest BCUT2D eigenvalue weighted by molar-refractivity contribution is -0.136. The van der Waals surface area contributed by atoms with Crippen molar-refractivity contribution in [3.8, 4) is 41.4 Å². The van der Waals surface area contributed by atoms with Gasteiger partial charge in [-0.2, -0.15) is 15.2 Å². The number of imidazole rings is 1. The Morgan fingerprint density at radius 2 is 1.68 bits per heavy atom. The monoisotopic (exact) mass is 1060 g/mol. The van der Waals surface area contributed by atoms with Crippen LogP contribution in [0.5, 0.6) is 11.8 Å². The molecule has 12 rings (SSSR count). The summed E-state index contributed by atoms with van der Waals surface area (Å²) in [5, 5.41) is 23.6. The van der Waals surface area contributed by atoms with Crippen molar-refractivity contribution in [3.63, 3.8) is 0 Å². The van der Waals surface area contributed by atoms with E-state index in [1.165, 1.54) is 35.0 Å². The van der Waals surface area contributed by atoms with Gasteiger partial charge in [-0.15, -0.1) is 6.42 Å². The highest BCUT2D eigenvalue weighted by Gasteiger charge is 2.47. The van der Waals surface area contributed by atoms with E-state index in [-0.39, 0.29) is 87.3 Å². The van der Waals surface area contributed by atoms with Crippen molar-refractivity contribution < 1.29 is 33.0 Å². The van der Waals surface area contributed by atoms with Crippen LogP contribution >= 0.6 is 0 Å². The first-order chi connectivity index (χ1) is 37.7. The molecule has 18 nitrogen and oxygen atoms in total. The number of phenols is 1. The van der Waals surface area contributed by atoms with Crippen molar-refractivity contribution in [2.24, 2.45) is 24.3 Å². The zero-order chi connectivity index (χ0) is 54.1. The summed E-state index contributed by atoms with van der Waals surface area (Å²) in [6, 6.07) is 12.7. The molecule has 2 bridgehead atoms. The van der Waals surface area contributed by atoms with Crippen LogP contribution in [0.2, 0.25) is 0 Å². The lowest BCUT2D eigenvalue weighted by atomic mass is 9.95. The van der Waals surface area contributed by atoms with Gasteiger partial charge >= 0.3 is 11.7 Å². The number of imide groups is 1. The molecule has 3 amide bonds. The smallest absolute Gasteiger partial charge is 0.329 e. The highest BCUT2D eigenvalue weighted by Crippen LogP contribution is 2.47. The van der Waals surface area contributed by atoms with Crippen LogP contribution in [0, 0.1) is 52.6 Å². The number of amides is 3. The Morgan fingerprint density at radius 3 is 2.38 bits per heavy atom. The molecule has 5 aliphatic heterocycles. The summed E-state index contributed by atoms with van der Waals surface area (Å²) in [4.78, 5) is 77.0. The molecule has 0 radical (unpaired) electrons. The largest absolute Gasteiger partial charge is 0.508 e. The van der Waals surface area contributed by atoms with Gasteiger partial charge in [0.15, 0.2) is 5.82 Å². The average Bonchev–Trinajstić information content (AvgIpc) is 4.10. The number of hydrogen-bond acceptors (Lipinski definition) is 14. The maximum Gasteiger partial charge on any atom is 0.329 e. The Morgan fingerprint density at radius 1 is 0.936 bits per heavy atom. The lowest BCUT2D eigenvalue weighted by Crippen LogP contribution is -2.56. The standard InChI is InChI=1S/C58H62F2N12O6/c1-4-41-44(59)9-5-36-24-40(73)26-42(50(36)41)52-51(60)53-43(28-62-52)54(70-30-38-6-7-39(31-70)71(38)49(75)23-34(2)27-61)65-56(64-53)78-33-58(15-16-58)32-68-21-19-67(20-22-68)29-35-13-17-69(18-14-35)37-8-10-45-47(25-37)66(3)57(77)72(45)46-11-12-48(74)63-55(46)76/h1,5,8-10,24-26,28,34-35,38-39,46,73H,6-7,11-23,29-33H2,2-3H3,(H,63,74,76). The second-order valence-electron chi connectivity index (χ2n) is 22.6. The molecule has 78 heavy (non-hydrogen) atoms. The summed E-state index contributed by atoms with van der Waals surface area (Å²) < 4.78 is 42.2. The molecule has 1 aliphatic carbocycles. The number of halogens is 2. The van der Waals surface area contributed by atoms with Gasteiger partial charge in [-0.05, 0) is 99.6 Å². The minimum atomic E-state index is -0.806. The van der Waals surface area contributed by atoms with Crippen molar-refractivity contribution in [3.05, 3.63) is 76.3 Å². The molecule has 2 N–H and O–H groups in total. The number of aromatic hydroxyl groups is 1. The fraction of sp³-hybridized carbons (Fsp3) is 0.483. The van der Waals surface area contributed by atoms with Crippen molar-refractivity contribution >= 4 is 61.9 Å². The number of nitrogens with one attached hydrogen (secondary N) is 1. The summed E-state index contributed by atoms with van der Waals surface area (Å²) in [6.07, 6.45) is 13.5. The number of carbonyl (C=O) groups is 3. The van der Waals surface area contributed by atoms with E-state index in [2.05, 4.69) is 41.9 Å². The van der Waals surface area contributed by atoms with E-state index in [4.69, 9.17) is 21.1 Å². The van der Waals surface area contributed by atoms with E-state index < -0.39 is 29.5 Å². The predicted octanol–water partition coefficient (Wildman–Crippen LogP) is 5.86. The maximum atomic E-state index is 17.4. The van der Waals surface area contributed by atoms with Crippen LogP contribution in [0.3, 0.4) is 0 Å². The van der Waals surface area contributed by atoms with Gasteiger partial charge in [0.25, 0.3) is 0 Å². The van der Waals surface area contributed by atoms with Crippen molar-refractivity contribution in [2.45, 2.75) is 82.8 Å². The number of benzene rings is 3. The van der Waals surface area contributed by atoms with Crippen molar-refractivity contribution in [1.82, 2.24) is 44.1 Å². The van der Waals surface area contributed by atoms with Gasteiger partial charge in [0.1, 0.15) is 34.6 Å². The number of carbonyl (C=O) groups excluding carboxylic acids is 3. The Kier molecular flexibility index (Phi) is 13.3. The van der Waals surface area contributed by atoms with E-state index in [0.29, 0.717) is 54.1 Å². The normalized spacial score (nSPS) is 22.2. The van der Waals surface area contributed by atoms with Gasteiger partial charge in [0, 0.05) is 126 Å². The Labute approximate surface area is 449 Å². The predicted molar refractivity (Wildman–Crippen MR) is 289 cm³/mol. The number of aromatic nitrogens is 5. The summed E-state index contributed by atoms with van der Waals surface area (Å²) in [7, 11) is 1.72. The zero-order valence-corrected chi connectivity index (χ0v) is 43.9. The molecule has 3 aromatic heterocycles. The van der Waals surface area contributed by atoms with E-state index in [9.17, 15) is 29.5 Å². The molecule has 8 heterocycles. The number of piperidine rings is 2. The highest BCUT2D eigenvalue weighted by molar-refractivity contribution is 6.03. The molecule has 404 valence electrons. The SMILES string of the molecule is C#Cc1c(F)ccc2cc(O)cc(-c3ncc4c(N5CC6CCC(C5)N6C(=O)CC(C)C#N)nc(OCC5(CN6CCN(CC7CCN(c8ccc9c(c8)n(C)c(=O)n9C8CCC(=O)NC8=O)CC7)CC6)CC5)nc4c3F)c12. The summed E-state index contributed by atoms with van der Waals surface area (Å²) in [5.74, 6) is 0.531. The quantitative estimate of drug-likeness (QED) is 0.103. The second-order valence-corrected chi connectivity index (χ2v) is 22.6. The van der Waals surface area contributed by atoms with Crippen LogP contribution in [0.25, 0.3) is 44.0 Å². The minimum absolute atomic E-state index is 0.00977. The lowest BCUT2D eigenvalue weighted by Gasteiger charge is -2.42. The topological polar surface area (TPSA) is 198 Å². The number of phenolic OH excluding ortho intramolecular Hbond substituents is 1. The molecule has 6 fully saturated rings. The van der Waals surface area contributed by atoms with Crippen molar-refractivity contribution in [1.29, 1.82) is 5.26 Å². The summed E-state index contributed by atoms with van der Waals surface area (Å²) in [6.45, 7) is 10.4. The Hall–Kier alpha value is -7.68. The highest BCUT2D eigenvalue weighted by atomic mass is 19.1. The van der Waals surface area contributed by atoms with Gasteiger partial charge in [-0.25, -0.2) is 13.6 Å². The molecular weight excluding hydrogens is 999 g/mol. The first kappa shape index (κ1) is 51.1. The number of hydrogen-bond donors (Lipinski definition) is 2. The van der Waals surface area contributed by atoms with Crippen LogP contribution in [0.1, 0.15) is 76.3 Å². The van der Waals surface area contributed by atoms with Crippen molar-refractivity contribution in [2.75, 3.05) is 81.9 Å². The Bertz CT molecular complexity index is 3550. The van der Waals surface area contributed by atoms with Crippen LogP contribution in [-0.4, -0.2) is 146 Å². The third-order valence-corrected chi connectivity index (χ3v) is 17.4. The van der Waals surface area contributed by atoms with Crippen LogP contribution in [-0.2, 0) is 21.4 Å². The summed E-state index contributed by atoms with van der Waals surface area (Å²) in [5.41, 5.74) is 1.90. The molecule has 4 atom stereocenters. The number of nitriles is 1. The number of nitrogens with zero attached hydrogens (tertiary/aromatic N) is 11. The van der Waals surface area contributed by atoms with Gasteiger partial charge < -0.3 is 34.3 Å². The van der Waals surface area contributed by atoms with Crippen LogP contribution < -0.4 is 25.5 Å². The molecule has 1 saturated carbocycles. The molecule has 0 spiro atoms. The summed E-state index contributed by atoms with van der Waals surface area (Å²) >= 11 is 0. The van der Waals surface area contributed by atoms with Crippen LogP contribution in [0.15, 0.2) is 53.5 Å². The third-order valence-electron chi connectivity index (χ3n) is 17.4. The molecular formula is C58H62F2N12O6. The number of anilines is 2. The van der Waals surface area contributed by atoms with Crippen LogP contribution in [0.4, 0.5) is 20.3 Å². The maximum absolute atomic E-state index is 17.4. The number of fused-ring (bicyclic) bond motifs is 5. The van der Waals surface area contributed by atoms with Gasteiger partial charge in [-0.3, -0.25) is 33.8 Å². The first-order valence-electron chi connectivity index (χ1n) is 27.3. The number of aryl methyl sites for hydroxylation is 1. The number of piperazine rings is 2. The third kappa shape index (κ3) is 9.42. The Balaban J connectivity index is 0.714. The van der Waals surface area contributed by atoms with Gasteiger partial charge in [-0.1, -0.05) is 12.0 Å². The molecule has 5 saturated heterocycles. The van der Waals surface area contributed by atoms with E-state index >= 15 is 8.78 Å². The van der Waals surface area contributed by atoms with E-state index in [1.807, 2.05) is 23.1 Å². The van der Waals surface area contributed by atoms with Gasteiger partial charge in [0.05, 0.1) is 40.6 Å². The first-order valence-corrected chi connectivity index (χ1v) is 27.3.